The van der Waals surface area contributed by atoms with Crippen LogP contribution in [0.1, 0.15) is 30.2 Å². The summed E-state index contributed by atoms with van der Waals surface area (Å²) in [6.45, 7) is 1.13. The molecule has 0 radical (unpaired) electrons. The molecule has 0 bridgehead atoms. The number of anilines is 2. The molecule has 0 saturated carbocycles. The van der Waals surface area contributed by atoms with E-state index >= 15 is 8.78 Å². The van der Waals surface area contributed by atoms with E-state index in [0.717, 1.165) is 35.4 Å². The van der Waals surface area contributed by atoms with Crippen LogP contribution in [-0.2, 0) is 15.3 Å². The molecule has 0 fully saturated rings. The van der Waals surface area contributed by atoms with Crippen LogP contribution in [0.2, 0.25) is 0 Å². The zero-order chi connectivity index (χ0) is 30.4. The fraction of sp³-hybridized carbons (Fsp3) is 0.286. The van der Waals surface area contributed by atoms with Crippen LogP contribution in [-0.4, -0.2) is 61.2 Å². The average molecular weight is 607 g/mol. The van der Waals surface area contributed by atoms with Gasteiger partial charge in [-0.1, -0.05) is 39.3 Å². The molecule has 0 saturated heterocycles. The van der Waals surface area contributed by atoms with E-state index < -0.39 is 40.2 Å². The Morgan fingerprint density at radius 2 is 1.66 bits per heavy atom. The molecule has 0 N–H and O–H groups in total. The monoisotopic (exact) mass is 606 g/mol. The number of rotatable bonds is 10. The van der Waals surface area contributed by atoms with Gasteiger partial charge in [0.15, 0.2) is 16.8 Å². The predicted octanol–water partition coefficient (Wildman–Crippen LogP) is 5.29. The van der Waals surface area contributed by atoms with Gasteiger partial charge in [0.05, 0.1) is 0 Å². The Kier molecular flexibility index (Phi) is 10.2. The molecule has 1 heterocycles. The Balaban J connectivity index is 1.88. The van der Waals surface area contributed by atoms with Crippen LogP contribution in [0.15, 0.2) is 47.8 Å². The topological polar surface area (TPSA) is 73.8 Å². The predicted molar refractivity (Wildman–Crippen MR) is 153 cm³/mol. The second-order valence-electron chi connectivity index (χ2n) is 9.30. The van der Waals surface area contributed by atoms with Crippen LogP contribution in [0.5, 0.6) is 0 Å². The number of alkyl halides is 2. The Morgan fingerprint density at radius 1 is 1.05 bits per heavy atom. The van der Waals surface area contributed by atoms with Crippen LogP contribution in [0.4, 0.5) is 33.2 Å². The maximum atomic E-state index is 15.1. The van der Waals surface area contributed by atoms with Gasteiger partial charge in [0, 0.05) is 50.1 Å². The zero-order valence-corrected chi connectivity index (χ0v) is 24.4. The third-order valence-electron chi connectivity index (χ3n) is 6.18. The van der Waals surface area contributed by atoms with Crippen LogP contribution >= 0.6 is 20.6 Å². The number of nitrogens with zero attached hydrogens (tertiary/aromatic N) is 4. The van der Waals surface area contributed by atoms with Crippen molar-refractivity contribution in [2.24, 2.45) is 0 Å². The van der Waals surface area contributed by atoms with Gasteiger partial charge in [0.25, 0.3) is 0 Å². The standard InChI is InChI=1S/C28H27F4N4O3PS/c1-27(18-38,11-14-37)36(13-12-34(2)25-33-23(17-41-25)28(31,32)40)26(39)35(3)24-21(29)15-20(16-22(24)30)10-9-19-7-5-4-6-8-19/h4-8,14-18H,11-13,40H2,1-3H3. The highest BCUT2D eigenvalue weighted by molar-refractivity contribution is 7.18. The summed E-state index contributed by atoms with van der Waals surface area (Å²) in [6.07, 6.45) is 0.464. The Morgan fingerprint density at radius 3 is 2.20 bits per heavy atom. The quantitative estimate of drug-likeness (QED) is 0.136. The molecule has 0 aliphatic carbocycles. The van der Waals surface area contributed by atoms with Crippen molar-refractivity contribution in [3.8, 4) is 11.8 Å². The highest BCUT2D eigenvalue weighted by Crippen LogP contribution is 2.37. The normalized spacial score (nSPS) is 12.5. The molecular weight excluding hydrogens is 579 g/mol. The smallest absolute Gasteiger partial charge is 0.325 e. The van der Waals surface area contributed by atoms with Gasteiger partial charge < -0.3 is 19.4 Å². The number of thiazole rings is 1. The maximum Gasteiger partial charge on any atom is 0.325 e. The van der Waals surface area contributed by atoms with Crippen molar-refractivity contribution in [2.45, 2.75) is 24.5 Å². The van der Waals surface area contributed by atoms with E-state index in [2.05, 4.69) is 16.8 Å². The number of aromatic nitrogens is 1. The molecule has 13 heteroatoms. The molecule has 2 aromatic carbocycles. The van der Waals surface area contributed by atoms with E-state index in [4.69, 9.17) is 0 Å². The third-order valence-corrected chi connectivity index (χ3v) is 7.43. The molecule has 216 valence electrons. The summed E-state index contributed by atoms with van der Waals surface area (Å²) in [4.78, 5) is 44.1. The number of benzene rings is 2. The molecule has 0 spiro atoms. The van der Waals surface area contributed by atoms with Crippen LogP contribution < -0.4 is 9.80 Å². The Bertz CT molecular complexity index is 1450. The van der Waals surface area contributed by atoms with E-state index in [1.165, 1.54) is 26.4 Å². The van der Waals surface area contributed by atoms with Crippen molar-refractivity contribution in [2.75, 3.05) is 37.0 Å². The lowest BCUT2D eigenvalue weighted by atomic mass is 9.98. The first-order valence-corrected chi connectivity index (χ1v) is 13.6. The van der Waals surface area contributed by atoms with Crippen molar-refractivity contribution in [3.63, 3.8) is 0 Å². The Labute approximate surface area is 241 Å². The van der Waals surface area contributed by atoms with Gasteiger partial charge in [0.1, 0.15) is 29.5 Å². The van der Waals surface area contributed by atoms with E-state index in [1.54, 1.807) is 37.4 Å². The molecule has 0 aliphatic rings. The second-order valence-corrected chi connectivity index (χ2v) is 10.9. The summed E-state index contributed by atoms with van der Waals surface area (Å²) in [6, 6.07) is 9.83. The number of urea groups is 1. The van der Waals surface area contributed by atoms with Crippen LogP contribution in [0, 0.1) is 23.5 Å². The van der Waals surface area contributed by atoms with Gasteiger partial charge in [-0.05, 0) is 31.2 Å². The highest BCUT2D eigenvalue weighted by atomic mass is 32.1. The number of hydrogen-bond donors (Lipinski definition) is 0. The van der Waals surface area contributed by atoms with Crippen molar-refractivity contribution < 1.29 is 31.9 Å². The first kappa shape index (κ1) is 31.7. The minimum Gasteiger partial charge on any atom is -0.349 e. The van der Waals surface area contributed by atoms with Gasteiger partial charge in [-0.25, -0.2) is 18.6 Å². The van der Waals surface area contributed by atoms with Gasteiger partial charge in [-0.2, -0.15) is 8.78 Å². The van der Waals surface area contributed by atoms with Crippen LogP contribution in [0.3, 0.4) is 0 Å². The van der Waals surface area contributed by atoms with Crippen molar-refractivity contribution in [1.29, 1.82) is 0 Å². The second kappa shape index (κ2) is 13.2. The molecular formula is C28H27F4N4O3PS. The summed E-state index contributed by atoms with van der Waals surface area (Å²) in [5.41, 5.74) is -5.33. The molecule has 0 aliphatic heterocycles. The average Bonchev–Trinajstić information content (AvgIpc) is 3.43. The summed E-state index contributed by atoms with van der Waals surface area (Å²) in [5, 5.41) is 1.41. The first-order valence-electron chi connectivity index (χ1n) is 12.2. The van der Waals surface area contributed by atoms with Gasteiger partial charge >= 0.3 is 11.7 Å². The number of halogens is 4. The van der Waals surface area contributed by atoms with Crippen molar-refractivity contribution in [3.05, 3.63) is 76.3 Å². The first-order chi connectivity index (χ1) is 19.3. The lowest BCUT2D eigenvalue weighted by molar-refractivity contribution is -0.120. The SMILES string of the molecule is CN(CCN(C(=O)N(C)c1c(F)cc(C#Cc2ccccc2)cc1F)C(C)(C=O)CC=O)c1nc(C(F)(F)P)cs1. The number of carbonyl (C=O) groups is 3. The molecule has 2 unspecified atom stereocenters. The highest BCUT2D eigenvalue weighted by Gasteiger charge is 2.38. The number of likely N-dealkylation sites (N-methyl/N-ethyl adjacent to an activating group) is 1. The van der Waals surface area contributed by atoms with Gasteiger partial charge in [-0.15, -0.1) is 11.3 Å². The van der Waals surface area contributed by atoms with E-state index in [0.29, 0.717) is 23.0 Å². The molecule has 41 heavy (non-hydrogen) atoms. The lowest BCUT2D eigenvalue weighted by Gasteiger charge is -2.39. The molecule has 2 atom stereocenters. The minimum absolute atomic E-state index is 0.00374. The number of amides is 2. The van der Waals surface area contributed by atoms with Crippen LogP contribution in [0.25, 0.3) is 0 Å². The lowest BCUT2D eigenvalue weighted by Crippen LogP contribution is -2.57. The van der Waals surface area contributed by atoms with Crippen molar-refractivity contribution >= 4 is 50.0 Å². The maximum absolute atomic E-state index is 15.1. The zero-order valence-electron chi connectivity index (χ0n) is 22.4. The summed E-state index contributed by atoms with van der Waals surface area (Å²) < 4.78 is 57.5. The number of aldehydes is 2. The van der Waals surface area contributed by atoms with Crippen molar-refractivity contribution in [1.82, 2.24) is 9.88 Å². The Hall–Kier alpha value is -3.81. The molecule has 3 rings (SSSR count). The minimum atomic E-state index is -3.23. The molecule has 1 aromatic heterocycles. The fourth-order valence-corrected chi connectivity index (χ4v) is 4.92. The van der Waals surface area contributed by atoms with Gasteiger partial charge in [0.2, 0.25) is 0 Å². The third kappa shape index (κ3) is 7.69. The summed E-state index contributed by atoms with van der Waals surface area (Å²) >= 11 is 0.951. The number of hydrogen-bond acceptors (Lipinski definition) is 6. The van der Waals surface area contributed by atoms with E-state index in [-0.39, 0.29) is 30.2 Å². The fourth-order valence-electron chi connectivity index (χ4n) is 3.80. The number of carbonyl (C=O) groups excluding carboxylic acids is 3. The van der Waals surface area contributed by atoms with E-state index in [9.17, 15) is 23.2 Å². The molecule has 7 nitrogen and oxygen atoms in total. The summed E-state index contributed by atoms with van der Waals surface area (Å²) in [5.74, 6) is 3.36. The largest absolute Gasteiger partial charge is 0.349 e. The summed E-state index contributed by atoms with van der Waals surface area (Å²) in [7, 11) is 4.08. The van der Waals surface area contributed by atoms with Gasteiger partial charge in [-0.3, -0.25) is 4.90 Å². The van der Waals surface area contributed by atoms with E-state index in [1.807, 2.05) is 0 Å². The molecule has 3 aromatic rings. The molecule has 2 amide bonds.